The van der Waals surface area contributed by atoms with Crippen LogP contribution < -0.4 is 0 Å². The van der Waals surface area contributed by atoms with E-state index >= 15 is 0 Å². The first kappa shape index (κ1) is 90.7. The van der Waals surface area contributed by atoms with Crippen LogP contribution in [0.3, 0.4) is 0 Å². The highest BCUT2D eigenvalue weighted by molar-refractivity contribution is 7.13. The van der Waals surface area contributed by atoms with E-state index in [9.17, 15) is 70.7 Å². The van der Waals surface area contributed by atoms with E-state index in [0.29, 0.717) is 44.9 Å². The number of carbonyl (C=O) groups is 12. The fraction of sp³-hybridized carbons (Fsp3) is 0.309. The minimum atomic E-state index is -0.878. The van der Waals surface area contributed by atoms with Crippen LogP contribution in [0.25, 0.3) is 43.6 Å². The molecular formula is C81H77F3N8O25S4. The molecule has 1 fully saturated rings. The molecule has 4 aromatic carbocycles. The van der Waals surface area contributed by atoms with Gasteiger partial charge < -0.3 is 79.8 Å². The third-order valence-corrected chi connectivity index (χ3v) is 21.8. The number of ketones is 4. The van der Waals surface area contributed by atoms with E-state index in [4.69, 9.17) is 42.6 Å². The Hall–Kier alpha value is -12.6. The highest BCUT2D eigenvalue weighted by Crippen LogP contribution is 2.42. The number of hydrogen-bond donors (Lipinski definition) is 0. The lowest BCUT2D eigenvalue weighted by atomic mass is 9.82. The zero-order chi connectivity index (χ0) is 87.5. The van der Waals surface area contributed by atoms with Crippen LogP contribution >= 0.6 is 45.3 Å². The number of para-hydroxylation sites is 1. The second-order valence-corrected chi connectivity index (χ2v) is 29.3. The maximum Gasteiger partial charge on any atom is 0.510 e. The normalized spacial score (nSPS) is 14.7. The number of benzene rings is 4. The molecule has 5 atom stereocenters. The molecule has 5 unspecified atom stereocenters. The summed E-state index contributed by atoms with van der Waals surface area (Å²) in [4.78, 5) is 161. The zero-order valence-electron chi connectivity index (χ0n) is 66.4. The monoisotopic (exact) mass is 1750 g/mol. The maximum absolute atomic E-state index is 13.8. The second-order valence-electron chi connectivity index (χ2n) is 25.9. The van der Waals surface area contributed by atoms with Crippen molar-refractivity contribution in [3.63, 3.8) is 0 Å². The molecule has 12 aromatic rings. The van der Waals surface area contributed by atoms with Gasteiger partial charge in [0.15, 0.2) is 62.5 Å². The van der Waals surface area contributed by atoms with Gasteiger partial charge in [-0.15, -0.1) is 45.3 Å². The molecule has 0 N–H and O–H groups in total. The van der Waals surface area contributed by atoms with Crippen LogP contribution in [0.4, 0.5) is 18.0 Å². The standard InChI is InChI=1S/C25H28N2O6S.C20H19FN2O7S.2C18H15FN2O6S/c1-6-20-13(2)14(3)22(32-15(4)28)24(33-20)27-11-17(16-9-7-8-10-19(16)27)21(29)23-26-18(12-34-23)25(30)31-5;1-27-5-6-29-9-17(24)30-11-23-8-14(13-4-3-12(21)7-16(13)23)18(25)19-22-15(10-31-19)20(26)28-2;1-25-15(22)7-27-9-21-6-12(11-4-3-10(19)5-14(11)21)16(23)17-20-13(8-28-17)18(24)26-2;1-3-26-18(24)27-9-21-7-12(11-5-4-10(19)6-14(11)21)15(22)16-20-13(8-28-16)17(23)25-2/h7-14,20,22,24H,6H2,1-5H3;3-4,7-8,10H,5-6,9,11H2,1-2H3;3-6,8H,7,9H2,1-2H3;4-8H,3,9H2,1-2H3. The summed E-state index contributed by atoms with van der Waals surface area (Å²) in [6.07, 6.45) is 4.93. The first-order valence-electron chi connectivity index (χ1n) is 36.4. The number of hydrogen-bond acceptors (Lipinski definition) is 33. The summed E-state index contributed by atoms with van der Waals surface area (Å²) < 4.78 is 113. The van der Waals surface area contributed by atoms with Gasteiger partial charge >= 0.3 is 47.9 Å². The summed E-state index contributed by atoms with van der Waals surface area (Å²) in [5.41, 5.74) is 3.26. The van der Waals surface area contributed by atoms with Crippen LogP contribution in [0.5, 0.6) is 0 Å². The Labute approximate surface area is 701 Å². The number of nitrogens with zero attached hydrogens (tertiary/aromatic N) is 8. The SMILES string of the molecule is CCC1OC(n2cc(C(=O)c3nc(C(=O)OC)cs3)c3ccccc32)C(OC(C)=O)C(C)C1C.CCOC(=O)OCn1cc(C(=O)c2nc(C(=O)OC)cs2)c2ccc(F)cc21.COC(=O)COCn1cc(C(=O)c2nc(C(=O)OC)cs2)c2ccc(F)cc21.COCCOCC(=O)OCn1cc(C(=O)c2nc(C(=O)OC)cs2)c2ccc(F)cc21. The van der Waals surface area contributed by atoms with Gasteiger partial charge in [-0.25, -0.2) is 66.7 Å². The van der Waals surface area contributed by atoms with Crippen LogP contribution in [0, 0.1) is 29.3 Å². The number of carbonyl (C=O) groups excluding carboxylic acids is 12. The summed E-state index contributed by atoms with van der Waals surface area (Å²) >= 11 is 4.08. The van der Waals surface area contributed by atoms with E-state index in [0.717, 1.165) is 62.7 Å². The summed E-state index contributed by atoms with van der Waals surface area (Å²) in [6, 6.07) is 19.3. The number of rotatable bonds is 29. The average Bonchev–Trinajstić information content (AvgIpc) is 1.67. The van der Waals surface area contributed by atoms with Crippen molar-refractivity contribution >= 4 is 160 Å². The van der Waals surface area contributed by atoms with Gasteiger partial charge in [-0.05, 0) is 79.9 Å². The molecule has 1 aliphatic heterocycles. The third kappa shape index (κ3) is 21.7. The molecule has 1 aliphatic rings. The number of methoxy groups -OCH3 is 6. The Morgan fingerprint density at radius 1 is 0.446 bits per heavy atom. The first-order chi connectivity index (χ1) is 58.1. The lowest BCUT2D eigenvalue weighted by molar-refractivity contribution is -0.215. The number of esters is 7. The molecule has 33 nitrogen and oxygen atoms in total. The van der Waals surface area contributed by atoms with Crippen molar-refractivity contribution in [1.82, 2.24) is 38.2 Å². The average molecular weight is 1750 g/mol. The Bertz CT molecular complexity index is 5860. The molecule has 0 bridgehead atoms. The molecular weight excluding hydrogens is 1670 g/mol. The smallest absolute Gasteiger partial charge is 0.467 e. The predicted molar refractivity (Wildman–Crippen MR) is 428 cm³/mol. The molecule has 0 radical (unpaired) electrons. The highest BCUT2D eigenvalue weighted by atomic mass is 32.1. The molecule has 8 aromatic heterocycles. The molecule has 40 heteroatoms. The van der Waals surface area contributed by atoms with Crippen molar-refractivity contribution < 1.29 is 132 Å². The predicted octanol–water partition coefficient (Wildman–Crippen LogP) is 12.8. The molecule has 0 aliphatic carbocycles. The van der Waals surface area contributed by atoms with Crippen molar-refractivity contribution in [2.75, 3.05) is 75.7 Å². The third-order valence-electron chi connectivity index (χ3n) is 18.4. The zero-order valence-corrected chi connectivity index (χ0v) is 69.7. The van der Waals surface area contributed by atoms with Gasteiger partial charge in [-0.3, -0.25) is 24.0 Å². The van der Waals surface area contributed by atoms with Crippen molar-refractivity contribution in [1.29, 1.82) is 0 Å². The Morgan fingerprint density at radius 2 is 0.843 bits per heavy atom. The Balaban J connectivity index is 0.000000170. The molecule has 0 amide bonds. The van der Waals surface area contributed by atoms with Crippen LogP contribution in [0.15, 0.2) is 125 Å². The molecule has 1 saturated heterocycles. The van der Waals surface area contributed by atoms with E-state index in [2.05, 4.69) is 59.7 Å². The van der Waals surface area contributed by atoms with Gasteiger partial charge in [-0.1, -0.05) is 39.0 Å². The Morgan fingerprint density at radius 3 is 1.24 bits per heavy atom. The minimum absolute atomic E-state index is 0.0197. The summed E-state index contributed by atoms with van der Waals surface area (Å²) in [5, 5.41) is 8.34. The lowest BCUT2D eigenvalue weighted by Crippen LogP contribution is -2.48. The van der Waals surface area contributed by atoms with Gasteiger partial charge in [-0.2, -0.15) is 0 Å². The van der Waals surface area contributed by atoms with Crippen molar-refractivity contribution in [3.8, 4) is 0 Å². The summed E-state index contributed by atoms with van der Waals surface area (Å²) in [7, 11) is 7.67. The quantitative estimate of drug-likeness (QED) is 0.0182. The molecule has 121 heavy (non-hydrogen) atoms. The fourth-order valence-electron chi connectivity index (χ4n) is 12.4. The van der Waals surface area contributed by atoms with Crippen molar-refractivity contribution in [2.24, 2.45) is 11.8 Å². The maximum atomic E-state index is 13.8. The molecule has 636 valence electrons. The number of thiazole rings is 4. The van der Waals surface area contributed by atoms with Gasteiger partial charge in [0.2, 0.25) is 23.1 Å². The van der Waals surface area contributed by atoms with Gasteiger partial charge in [0, 0.05) is 87.8 Å². The molecule has 13 rings (SSSR count). The Kier molecular flexibility index (Phi) is 31.4. The number of aromatic nitrogens is 8. The minimum Gasteiger partial charge on any atom is -0.467 e. The highest BCUT2D eigenvalue weighted by Gasteiger charge is 2.45. The lowest BCUT2D eigenvalue weighted by Gasteiger charge is -2.44. The summed E-state index contributed by atoms with van der Waals surface area (Å²) in [6.45, 7) is 8.85. The molecule has 0 spiro atoms. The van der Waals surface area contributed by atoms with Gasteiger partial charge in [0.05, 0.1) is 106 Å². The summed E-state index contributed by atoms with van der Waals surface area (Å²) in [5.74, 6) is -6.99. The van der Waals surface area contributed by atoms with Crippen molar-refractivity contribution in [2.45, 2.75) is 79.7 Å². The molecule has 9 heterocycles. The molecule has 0 saturated carbocycles. The first-order valence-corrected chi connectivity index (χ1v) is 39.9. The topological polar surface area (TPSA) is 396 Å². The van der Waals surface area contributed by atoms with Crippen LogP contribution in [-0.4, -0.2) is 197 Å². The van der Waals surface area contributed by atoms with Gasteiger partial charge in [0.1, 0.15) is 43.5 Å². The van der Waals surface area contributed by atoms with E-state index in [-0.39, 0.29) is 136 Å². The largest absolute Gasteiger partial charge is 0.510 e. The van der Waals surface area contributed by atoms with Crippen LogP contribution in [0.2, 0.25) is 0 Å². The fourth-order valence-corrected chi connectivity index (χ4v) is 15.4. The second kappa shape index (κ2) is 41.9. The van der Waals surface area contributed by atoms with E-state index in [1.165, 1.54) is 158 Å². The van der Waals surface area contributed by atoms with Crippen LogP contribution in [0.1, 0.15) is 151 Å². The van der Waals surface area contributed by atoms with E-state index in [1.807, 2.05) is 28.8 Å². The number of halogens is 3. The number of fused-ring (bicyclic) bond motifs is 4. The van der Waals surface area contributed by atoms with Crippen molar-refractivity contribution in [3.05, 3.63) is 208 Å². The van der Waals surface area contributed by atoms with E-state index in [1.54, 1.807) is 13.1 Å². The van der Waals surface area contributed by atoms with E-state index < -0.39 is 89.1 Å². The number of ether oxygens (including phenoxy) is 13. The van der Waals surface area contributed by atoms with Crippen LogP contribution in [-0.2, 0) is 96.2 Å². The van der Waals surface area contributed by atoms with Gasteiger partial charge in [0.25, 0.3) is 0 Å².